The van der Waals surface area contributed by atoms with E-state index in [-0.39, 0.29) is 5.82 Å². The third-order valence-corrected chi connectivity index (χ3v) is 3.58. The van der Waals surface area contributed by atoms with Crippen molar-refractivity contribution in [3.05, 3.63) is 71.0 Å². The van der Waals surface area contributed by atoms with Gasteiger partial charge >= 0.3 is 5.97 Å². The van der Waals surface area contributed by atoms with Crippen molar-refractivity contribution < 1.29 is 24.1 Å². The number of aliphatic hydroxyl groups excluding tert-OH is 2. The zero-order valence-electron chi connectivity index (χ0n) is 12.8. The van der Waals surface area contributed by atoms with Crippen molar-refractivity contribution in [1.29, 1.82) is 0 Å². The molecular weight excluding hydrogens is 299 g/mol. The standard InChI is InChI=1S/C18H19FO4/c1-2-23-18(22)14-5-3-12(4-6-14)17(16(21)11-20)13-7-9-15(19)10-8-13/h3-10,16-17,20-21H,2,11H2,1H3/t16-,17-/m1/s1. The van der Waals surface area contributed by atoms with E-state index < -0.39 is 24.6 Å². The third-order valence-electron chi connectivity index (χ3n) is 3.58. The SMILES string of the molecule is CCOC(=O)c1ccc([C@H](c2ccc(F)cc2)[C@H](O)CO)cc1. The number of hydrogen-bond acceptors (Lipinski definition) is 4. The summed E-state index contributed by atoms with van der Waals surface area (Å²) in [6, 6.07) is 12.3. The lowest BCUT2D eigenvalue weighted by atomic mass is 9.86. The van der Waals surface area contributed by atoms with Crippen LogP contribution < -0.4 is 0 Å². The molecular formula is C18H19FO4. The van der Waals surface area contributed by atoms with Gasteiger partial charge in [0, 0.05) is 5.92 Å². The Bertz CT molecular complexity index is 637. The second-order valence-electron chi connectivity index (χ2n) is 5.12. The Morgan fingerprint density at radius 1 is 1.09 bits per heavy atom. The van der Waals surface area contributed by atoms with E-state index >= 15 is 0 Å². The molecule has 5 heteroatoms. The van der Waals surface area contributed by atoms with Crippen LogP contribution in [0.5, 0.6) is 0 Å². The van der Waals surface area contributed by atoms with Crippen LogP contribution in [0.15, 0.2) is 48.5 Å². The lowest BCUT2D eigenvalue weighted by Crippen LogP contribution is -2.23. The molecule has 0 heterocycles. The Balaban J connectivity index is 2.32. The highest BCUT2D eigenvalue weighted by molar-refractivity contribution is 5.89. The minimum absolute atomic E-state index is 0.294. The highest BCUT2D eigenvalue weighted by Crippen LogP contribution is 2.28. The summed E-state index contributed by atoms with van der Waals surface area (Å²) in [7, 11) is 0. The molecule has 0 aliphatic carbocycles. The molecule has 0 spiro atoms. The summed E-state index contributed by atoms with van der Waals surface area (Å²) in [4.78, 5) is 11.7. The smallest absolute Gasteiger partial charge is 0.338 e. The van der Waals surface area contributed by atoms with Gasteiger partial charge in [0.1, 0.15) is 5.82 Å². The molecule has 0 saturated carbocycles. The monoisotopic (exact) mass is 318 g/mol. The second kappa shape index (κ2) is 7.85. The number of carbonyl (C=O) groups excluding carboxylic acids is 1. The molecule has 0 aliphatic heterocycles. The molecule has 0 aliphatic rings. The van der Waals surface area contributed by atoms with Gasteiger partial charge < -0.3 is 14.9 Å². The van der Waals surface area contributed by atoms with Gasteiger partial charge in [-0.05, 0) is 42.3 Å². The van der Waals surface area contributed by atoms with Crippen molar-refractivity contribution in [2.45, 2.75) is 18.9 Å². The first-order valence-electron chi connectivity index (χ1n) is 7.38. The van der Waals surface area contributed by atoms with E-state index in [1.165, 1.54) is 12.1 Å². The number of rotatable bonds is 6. The molecule has 0 saturated heterocycles. The van der Waals surface area contributed by atoms with E-state index in [9.17, 15) is 19.4 Å². The maximum atomic E-state index is 13.1. The van der Waals surface area contributed by atoms with Crippen LogP contribution >= 0.6 is 0 Å². The summed E-state index contributed by atoms with van der Waals surface area (Å²) in [5, 5.41) is 19.4. The molecule has 2 atom stereocenters. The maximum absolute atomic E-state index is 13.1. The Morgan fingerprint density at radius 2 is 1.61 bits per heavy atom. The van der Waals surface area contributed by atoms with Crippen LogP contribution in [0, 0.1) is 5.82 Å². The highest BCUT2D eigenvalue weighted by Gasteiger charge is 2.23. The van der Waals surface area contributed by atoms with Crippen molar-refractivity contribution in [3.8, 4) is 0 Å². The topological polar surface area (TPSA) is 66.8 Å². The van der Waals surface area contributed by atoms with Crippen LogP contribution in [-0.4, -0.2) is 35.5 Å². The van der Waals surface area contributed by atoms with Crippen molar-refractivity contribution >= 4 is 5.97 Å². The molecule has 2 aromatic rings. The third kappa shape index (κ3) is 4.15. The number of aliphatic hydroxyl groups is 2. The van der Waals surface area contributed by atoms with Gasteiger partial charge in [0.2, 0.25) is 0 Å². The molecule has 0 radical (unpaired) electrons. The van der Waals surface area contributed by atoms with Gasteiger partial charge in [0.15, 0.2) is 0 Å². The van der Waals surface area contributed by atoms with E-state index in [4.69, 9.17) is 4.74 Å². The molecule has 23 heavy (non-hydrogen) atoms. The van der Waals surface area contributed by atoms with E-state index in [0.717, 1.165) is 0 Å². The Morgan fingerprint density at radius 3 is 2.09 bits per heavy atom. The molecule has 0 unspecified atom stereocenters. The van der Waals surface area contributed by atoms with Crippen molar-refractivity contribution in [2.24, 2.45) is 0 Å². The van der Waals surface area contributed by atoms with Crippen LogP contribution in [0.25, 0.3) is 0 Å². The Hall–Kier alpha value is -2.24. The number of esters is 1. The second-order valence-corrected chi connectivity index (χ2v) is 5.12. The van der Waals surface area contributed by atoms with Crippen LogP contribution in [0.1, 0.15) is 34.3 Å². The van der Waals surface area contributed by atoms with E-state index in [0.29, 0.717) is 23.3 Å². The molecule has 2 N–H and O–H groups in total. The van der Waals surface area contributed by atoms with Gasteiger partial charge in [0.05, 0.1) is 24.9 Å². The minimum Gasteiger partial charge on any atom is -0.462 e. The number of ether oxygens (including phenoxy) is 1. The van der Waals surface area contributed by atoms with Crippen LogP contribution in [0.2, 0.25) is 0 Å². The zero-order valence-corrected chi connectivity index (χ0v) is 12.8. The maximum Gasteiger partial charge on any atom is 0.338 e. The largest absolute Gasteiger partial charge is 0.462 e. The molecule has 0 aromatic heterocycles. The summed E-state index contributed by atoms with van der Waals surface area (Å²) < 4.78 is 18.0. The summed E-state index contributed by atoms with van der Waals surface area (Å²) in [6.07, 6.45) is -1.03. The first-order valence-corrected chi connectivity index (χ1v) is 7.38. The van der Waals surface area contributed by atoms with Gasteiger partial charge in [-0.2, -0.15) is 0 Å². The summed E-state index contributed by atoms with van der Waals surface area (Å²) in [6.45, 7) is 1.60. The average Bonchev–Trinajstić information content (AvgIpc) is 2.57. The molecule has 2 rings (SSSR count). The normalized spacial score (nSPS) is 13.4. The van der Waals surface area contributed by atoms with Gasteiger partial charge in [-0.3, -0.25) is 0 Å². The van der Waals surface area contributed by atoms with E-state index in [2.05, 4.69) is 0 Å². The van der Waals surface area contributed by atoms with Gasteiger partial charge in [-0.1, -0.05) is 24.3 Å². The lowest BCUT2D eigenvalue weighted by molar-refractivity contribution is 0.0526. The number of benzene rings is 2. The van der Waals surface area contributed by atoms with Gasteiger partial charge in [-0.25, -0.2) is 9.18 Å². The van der Waals surface area contributed by atoms with Crippen LogP contribution in [0.4, 0.5) is 4.39 Å². The predicted octanol–water partition coefficient (Wildman–Crippen LogP) is 2.49. The summed E-state index contributed by atoms with van der Waals surface area (Å²) in [5.41, 5.74) is 1.80. The summed E-state index contributed by atoms with van der Waals surface area (Å²) >= 11 is 0. The van der Waals surface area contributed by atoms with E-state index in [1.807, 2.05) is 0 Å². The molecule has 2 aromatic carbocycles. The van der Waals surface area contributed by atoms with E-state index in [1.54, 1.807) is 43.3 Å². The Labute approximate surface area is 134 Å². The van der Waals surface area contributed by atoms with Crippen molar-refractivity contribution in [1.82, 2.24) is 0 Å². The Kier molecular flexibility index (Phi) is 5.84. The van der Waals surface area contributed by atoms with Crippen molar-refractivity contribution in [2.75, 3.05) is 13.2 Å². The molecule has 4 nitrogen and oxygen atoms in total. The molecule has 122 valence electrons. The highest BCUT2D eigenvalue weighted by atomic mass is 19.1. The fourth-order valence-corrected chi connectivity index (χ4v) is 2.45. The van der Waals surface area contributed by atoms with Gasteiger partial charge in [-0.15, -0.1) is 0 Å². The first kappa shape index (κ1) is 17.1. The molecule has 0 bridgehead atoms. The molecule has 0 amide bonds. The fourth-order valence-electron chi connectivity index (χ4n) is 2.45. The molecule has 0 fully saturated rings. The minimum atomic E-state index is -1.03. The number of carbonyl (C=O) groups is 1. The van der Waals surface area contributed by atoms with Crippen LogP contribution in [0.3, 0.4) is 0 Å². The summed E-state index contributed by atoms with van der Waals surface area (Å²) in [5.74, 6) is -1.31. The number of hydrogen-bond donors (Lipinski definition) is 2. The lowest BCUT2D eigenvalue weighted by Gasteiger charge is -2.22. The number of halogens is 1. The van der Waals surface area contributed by atoms with Crippen molar-refractivity contribution in [3.63, 3.8) is 0 Å². The predicted molar refractivity (Wildman–Crippen MR) is 83.7 cm³/mol. The van der Waals surface area contributed by atoms with Gasteiger partial charge in [0.25, 0.3) is 0 Å². The quantitative estimate of drug-likeness (QED) is 0.803. The van der Waals surface area contributed by atoms with Crippen LogP contribution in [-0.2, 0) is 4.74 Å². The fraction of sp³-hybridized carbons (Fsp3) is 0.278. The first-order chi connectivity index (χ1) is 11.1. The average molecular weight is 318 g/mol. The zero-order chi connectivity index (χ0) is 16.8.